The minimum absolute atomic E-state index is 0.0287. The standard InChI is InChI=1S/C19H24N2O7S/c1-12(18(22)20-13-4-5-13)28-19(23)15-3-2-8-21(15)29(24,25)14-6-7-16-17(11-14)27-10-9-26-16/h6-7,11-13,15H,2-5,8-10H2,1H3,(H,20,22). The summed E-state index contributed by atoms with van der Waals surface area (Å²) < 4.78 is 43.6. The Hall–Kier alpha value is -2.33. The van der Waals surface area contributed by atoms with E-state index >= 15 is 0 Å². The lowest BCUT2D eigenvalue weighted by molar-refractivity contribution is -0.157. The summed E-state index contributed by atoms with van der Waals surface area (Å²) in [4.78, 5) is 24.7. The molecule has 2 aliphatic heterocycles. The number of esters is 1. The van der Waals surface area contributed by atoms with Crippen LogP contribution in [0, 0.1) is 0 Å². The second kappa shape index (κ2) is 7.83. The van der Waals surface area contributed by atoms with E-state index in [-0.39, 0.29) is 23.4 Å². The van der Waals surface area contributed by atoms with E-state index in [0.29, 0.717) is 37.6 Å². The molecule has 1 aromatic carbocycles. The van der Waals surface area contributed by atoms with E-state index in [1.807, 2.05) is 0 Å². The van der Waals surface area contributed by atoms with Gasteiger partial charge in [-0.1, -0.05) is 0 Å². The Morgan fingerprint density at radius 2 is 1.90 bits per heavy atom. The van der Waals surface area contributed by atoms with E-state index in [4.69, 9.17) is 14.2 Å². The maximum Gasteiger partial charge on any atom is 0.325 e. The molecule has 2 fully saturated rings. The van der Waals surface area contributed by atoms with Gasteiger partial charge in [0.25, 0.3) is 5.91 Å². The molecule has 1 amide bonds. The summed E-state index contributed by atoms with van der Waals surface area (Å²) in [7, 11) is -3.94. The molecule has 2 unspecified atom stereocenters. The van der Waals surface area contributed by atoms with Gasteiger partial charge in [0.2, 0.25) is 10.0 Å². The molecule has 0 spiro atoms. The van der Waals surface area contributed by atoms with Gasteiger partial charge in [0.05, 0.1) is 4.90 Å². The molecule has 0 aromatic heterocycles. The van der Waals surface area contributed by atoms with Crippen molar-refractivity contribution in [2.24, 2.45) is 0 Å². The highest BCUT2D eigenvalue weighted by molar-refractivity contribution is 7.89. The Balaban J connectivity index is 1.48. The number of hydrogen-bond acceptors (Lipinski definition) is 7. The number of amides is 1. The average molecular weight is 424 g/mol. The summed E-state index contributed by atoms with van der Waals surface area (Å²) in [6.07, 6.45) is 1.77. The third-order valence-corrected chi connectivity index (χ3v) is 7.09. The van der Waals surface area contributed by atoms with Crippen LogP contribution in [0.3, 0.4) is 0 Å². The number of sulfonamides is 1. The highest BCUT2D eigenvalue weighted by atomic mass is 32.2. The Bertz CT molecular complexity index is 913. The first-order valence-corrected chi connectivity index (χ1v) is 11.2. The molecule has 1 N–H and O–H groups in total. The van der Waals surface area contributed by atoms with Crippen molar-refractivity contribution in [1.82, 2.24) is 9.62 Å². The van der Waals surface area contributed by atoms with E-state index in [9.17, 15) is 18.0 Å². The summed E-state index contributed by atoms with van der Waals surface area (Å²) in [5.74, 6) is -0.216. The largest absolute Gasteiger partial charge is 0.486 e. The molecule has 29 heavy (non-hydrogen) atoms. The number of carbonyl (C=O) groups is 2. The molecule has 1 saturated heterocycles. The Morgan fingerprint density at radius 1 is 1.17 bits per heavy atom. The molecule has 3 aliphatic rings. The number of rotatable bonds is 6. The zero-order chi connectivity index (χ0) is 20.6. The van der Waals surface area contributed by atoms with Gasteiger partial charge >= 0.3 is 5.97 Å². The molecule has 1 aliphatic carbocycles. The summed E-state index contributed by atoms with van der Waals surface area (Å²) in [6, 6.07) is 3.60. The molecule has 158 valence electrons. The minimum Gasteiger partial charge on any atom is -0.486 e. The highest BCUT2D eigenvalue weighted by Gasteiger charge is 2.42. The third-order valence-electron chi connectivity index (χ3n) is 5.18. The SMILES string of the molecule is CC(OC(=O)C1CCCN1S(=O)(=O)c1ccc2c(c1)OCCO2)C(=O)NC1CC1. The fourth-order valence-corrected chi connectivity index (χ4v) is 5.10. The Labute approximate surface area is 169 Å². The van der Waals surface area contributed by atoms with Gasteiger partial charge in [-0.3, -0.25) is 9.59 Å². The van der Waals surface area contributed by atoms with Crippen LogP contribution in [0.5, 0.6) is 11.5 Å². The molecule has 0 bridgehead atoms. The molecule has 0 radical (unpaired) electrons. The van der Waals surface area contributed by atoms with Gasteiger partial charge in [0.1, 0.15) is 19.3 Å². The van der Waals surface area contributed by atoms with Gasteiger partial charge in [-0.25, -0.2) is 8.42 Å². The summed E-state index contributed by atoms with van der Waals surface area (Å²) in [5, 5.41) is 2.77. The predicted octanol–water partition coefficient (Wildman–Crippen LogP) is 0.821. The van der Waals surface area contributed by atoms with E-state index < -0.39 is 28.1 Å². The van der Waals surface area contributed by atoms with Crippen molar-refractivity contribution < 1.29 is 32.2 Å². The zero-order valence-electron chi connectivity index (χ0n) is 16.1. The van der Waals surface area contributed by atoms with Crippen molar-refractivity contribution >= 4 is 21.9 Å². The maximum atomic E-state index is 13.2. The lowest BCUT2D eigenvalue weighted by atomic mass is 10.2. The first kappa shape index (κ1) is 20.0. The first-order valence-electron chi connectivity index (χ1n) is 9.78. The van der Waals surface area contributed by atoms with Crippen molar-refractivity contribution in [3.63, 3.8) is 0 Å². The van der Waals surface area contributed by atoms with Gasteiger partial charge in [-0.15, -0.1) is 0 Å². The van der Waals surface area contributed by atoms with Crippen LogP contribution in [0.1, 0.15) is 32.6 Å². The quantitative estimate of drug-likeness (QED) is 0.673. The minimum atomic E-state index is -3.94. The van der Waals surface area contributed by atoms with Crippen LogP contribution in [0.15, 0.2) is 23.1 Å². The summed E-state index contributed by atoms with van der Waals surface area (Å²) in [6.45, 7) is 2.45. The van der Waals surface area contributed by atoms with Crippen molar-refractivity contribution in [2.45, 2.75) is 55.7 Å². The van der Waals surface area contributed by atoms with E-state index in [2.05, 4.69) is 5.32 Å². The molecule has 1 aromatic rings. The lowest BCUT2D eigenvalue weighted by Crippen LogP contribution is -2.44. The number of nitrogens with one attached hydrogen (secondary N) is 1. The topological polar surface area (TPSA) is 111 Å². The molecule has 2 atom stereocenters. The number of nitrogens with zero attached hydrogens (tertiary/aromatic N) is 1. The molecule has 4 rings (SSSR count). The van der Waals surface area contributed by atoms with Crippen LogP contribution >= 0.6 is 0 Å². The number of fused-ring (bicyclic) bond motifs is 1. The van der Waals surface area contributed by atoms with Crippen LogP contribution in [-0.4, -0.2) is 62.5 Å². The fourth-order valence-electron chi connectivity index (χ4n) is 3.44. The first-order chi connectivity index (χ1) is 13.9. The van der Waals surface area contributed by atoms with Gasteiger partial charge in [-0.2, -0.15) is 4.31 Å². The second-order valence-electron chi connectivity index (χ2n) is 7.44. The van der Waals surface area contributed by atoms with Crippen molar-refractivity contribution in [2.75, 3.05) is 19.8 Å². The third kappa shape index (κ3) is 4.18. The number of benzene rings is 1. The summed E-state index contributed by atoms with van der Waals surface area (Å²) >= 11 is 0. The van der Waals surface area contributed by atoms with Crippen LogP contribution in [-0.2, 0) is 24.3 Å². The Morgan fingerprint density at radius 3 is 2.62 bits per heavy atom. The zero-order valence-corrected chi connectivity index (χ0v) is 16.9. The van der Waals surface area contributed by atoms with E-state index in [1.165, 1.54) is 19.1 Å². The van der Waals surface area contributed by atoms with Crippen molar-refractivity contribution in [3.05, 3.63) is 18.2 Å². The number of ether oxygens (including phenoxy) is 3. The lowest BCUT2D eigenvalue weighted by Gasteiger charge is -2.25. The maximum absolute atomic E-state index is 13.2. The van der Waals surface area contributed by atoms with E-state index in [0.717, 1.165) is 17.1 Å². The molecule has 2 heterocycles. The van der Waals surface area contributed by atoms with Crippen LogP contribution in [0.2, 0.25) is 0 Å². The molecule has 10 heteroatoms. The molecular weight excluding hydrogens is 400 g/mol. The monoisotopic (exact) mass is 424 g/mol. The molecule has 9 nitrogen and oxygen atoms in total. The van der Waals surface area contributed by atoms with E-state index in [1.54, 1.807) is 6.07 Å². The number of hydrogen-bond donors (Lipinski definition) is 1. The second-order valence-corrected chi connectivity index (χ2v) is 9.33. The average Bonchev–Trinajstić information content (AvgIpc) is 3.37. The fraction of sp³-hybridized carbons (Fsp3) is 0.579. The van der Waals surface area contributed by atoms with Crippen LogP contribution in [0.4, 0.5) is 0 Å². The number of carbonyl (C=O) groups excluding carboxylic acids is 2. The smallest absolute Gasteiger partial charge is 0.325 e. The van der Waals surface area contributed by atoms with Crippen molar-refractivity contribution in [3.8, 4) is 11.5 Å². The molecule has 1 saturated carbocycles. The van der Waals surface area contributed by atoms with Crippen LogP contribution in [0.25, 0.3) is 0 Å². The van der Waals surface area contributed by atoms with Crippen molar-refractivity contribution in [1.29, 1.82) is 0 Å². The normalized spacial score (nSPS) is 22.7. The highest BCUT2D eigenvalue weighted by Crippen LogP contribution is 2.35. The Kier molecular flexibility index (Phi) is 5.39. The predicted molar refractivity (Wildman–Crippen MR) is 101 cm³/mol. The summed E-state index contributed by atoms with van der Waals surface area (Å²) in [5.41, 5.74) is 0. The van der Waals surface area contributed by atoms with Gasteiger partial charge < -0.3 is 19.5 Å². The molecular formula is C19H24N2O7S. The van der Waals surface area contributed by atoms with Gasteiger partial charge in [0, 0.05) is 18.7 Å². The van der Waals surface area contributed by atoms with Gasteiger partial charge in [-0.05, 0) is 44.7 Å². The van der Waals surface area contributed by atoms with Gasteiger partial charge in [0.15, 0.2) is 17.6 Å². The van der Waals surface area contributed by atoms with Crippen LogP contribution < -0.4 is 14.8 Å².